The second-order valence-electron chi connectivity index (χ2n) is 5.61. The average Bonchev–Trinajstić information content (AvgIpc) is 3.03. The number of amides is 2. The molecule has 0 spiro atoms. The molecule has 0 aliphatic carbocycles. The molecule has 2 rings (SSSR count). The first-order valence-electron chi connectivity index (χ1n) is 7.43. The predicted molar refractivity (Wildman–Crippen MR) is 91.6 cm³/mol. The first-order chi connectivity index (χ1) is 11.4. The van der Waals surface area contributed by atoms with Gasteiger partial charge in [0.2, 0.25) is 5.91 Å². The molecule has 0 radical (unpaired) electrons. The standard InChI is InChI=1S/C16H20N2O5S/c1-17-14(20)10-3-4-12(23-2)11(7-10)18-13(19)8-16(15(21)22)5-6-24-9-16/h3-4,7H,5-6,8-9H2,1-2H3,(H,17,20)(H,18,19)(H,21,22). The largest absolute Gasteiger partial charge is 0.495 e. The second-order valence-corrected chi connectivity index (χ2v) is 6.71. The number of carbonyl (C=O) groups excluding carboxylic acids is 2. The van der Waals surface area contributed by atoms with E-state index in [1.54, 1.807) is 12.1 Å². The van der Waals surface area contributed by atoms with Gasteiger partial charge in [-0.3, -0.25) is 14.4 Å². The lowest BCUT2D eigenvalue weighted by Gasteiger charge is -2.22. The zero-order chi connectivity index (χ0) is 17.7. The third-order valence-corrected chi connectivity index (χ3v) is 5.27. The van der Waals surface area contributed by atoms with Crippen LogP contribution in [0.3, 0.4) is 0 Å². The van der Waals surface area contributed by atoms with Gasteiger partial charge in [-0.05, 0) is 30.4 Å². The van der Waals surface area contributed by atoms with Gasteiger partial charge in [0.15, 0.2) is 0 Å². The van der Waals surface area contributed by atoms with Crippen LogP contribution in [-0.4, -0.2) is 48.6 Å². The Morgan fingerprint density at radius 2 is 2.12 bits per heavy atom. The summed E-state index contributed by atoms with van der Waals surface area (Å²) >= 11 is 1.54. The minimum atomic E-state index is -1.03. The normalized spacial score (nSPS) is 19.6. The highest BCUT2D eigenvalue weighted by Gasteiger charge is 2.43. The molecule has 1 fully saturated rings. The van der Waals surface area contributed by atoms with Crippen LogP contribution in [0, 0.1) is 5.41 Å². The summed E-state index contributed by atoms with van der Waals surface area (Å²) in [6, 6.07) is 4.67. The summed E-state index contributed by atoms with van der Waals surface area (Å²) in [5.41, 5.74) is -0.312. The number of thioether (sulfide) groups is 1. The van der Waals surface area contributed by atoms with E-state index in [0.717, 1.165) is 5.75 Å². The van der Waals surface area contributed by atoms with Crippen LogP contribution in [-0.2, 0) is 9.59 Å². The van der Waals surface area contributed by atoms with E-state index in [1.165, 1.54) is 32.0 Å². The van der Waals surface area contributed by atoms with Gasteiger partial charge in [-0.2, -0.15) is 11.8 Å². The molecule has 0 saturated carbocycles. The Morgan fingerprint density at radius 1 is 1.38 bits per heavy atom. The van der Waals surface area contributed by atoms with Gasteiger partial charge in [0.05, 0.1) is 18.2 Å². The maximum Gasteiger partial charge on any atom is 0.311 e. The van der Waals surface area contributed by atoms with Crippen molar-refractivity contribution in [3.63, 3.8) is 0 Å². The number of nitrogens with one attached hydrogen (secondary N) is 2. The van der Waals surface area contributed by atoms with Crippen molar-refractivity contribution < 1.29 is 24.2 Å². The van der Waals surface area contributed by atoms with E-state index in [2.05, 4.69) is 10.6 Å². The molecule has 1 saturated heterocycles. The molecular formula is C16H20N2O5S. The van der Waals surface area contributed by atoms with Crippen LogP contribution in [0.5, 0.6) is 5.75 Å². The fraction of sp³-hybridized carbons (Fsp3) is 0.438. The summed E-state index contributed by atoms with van der Waals surface area (Å²) in [5.74, 6) is -0.0928. The molecule has 130 valence electrons. The number of anilines is 1. The number of hydrogen-bond donors (Lipinski definition) is 3. The van der Waals surface area contributed by atoms with Gasteiger partial charge in [-0.1, -0.05) is 0 Å². The molecular weight excluding hydrogens is 332 g/mol. The summed E-state index contributed by atoms with van der Waals surface area (Å²) < 4.78 is 5.19. The summed E-state index contributed by atoms with van der Waals surface area (Å²) in [6.07, 6.45) is 0.360. The predicted octanol–water partition coefficient (Wildman–Crippen LogP) is 1.59. The SMILES string of the molecule is CNC(=O)c1ccc(OC)c(NC(=O)CC2(C(=O)O)CCSC2)c1. The molecule has 3 N–H and O–H groups in total. The smallest absolute Gasteiger partial charge is 0.311 e. The lowest BCUT2D eigenvalue weighted by molar-refractivity contribution is -0.149. The molecule has 2 amide bonds. The maximum absolute atomic E-state index is 12.4. The number of carbonyl (C=O) groups is 3. The molecule has 24 heavy (non-hydrogen) atoms. The monoisotopic (exact) mass is 352 g/mol. The van der Waals surface area contributed by atoms with Crippen LogP contribution in [0.25, 0.3) is 0 Å². The van der Waals surface area contributed by atoms with Crippen LogP contribution in [0.2, 0.25) is 0 Å². The van der Waals surface area contributed by atoms with Crippen molar-refractivity contribution in [2.75, 3.05) is 31.0 Å². The molecule has 1 unspecified atom stereocenters. The maximum atomic E-state index is 12.4. The van der Waals surface area contributed by atoms with E-state index in [4.69, 9.17) is 4.74 Å². The number of aliphatic carboxylic acids is 1. The van der Waals surface area contributed by atoms with Gasteiger partial charge in [-0.25, -0.2) is 0 Å². The van der Waals surface area contributed by atoms with Gasteiger partial charge in [0.25, 0.3) is 5.91 Å². The molecule has 7 nitrogen and oxygen atoms in total. The highest BCUT2D eigenvalue weighted by molar-refractivity contribution is 7.99. The van der Waals surface area contributed by atoms with E-state index in [-0.39, 0.29) is 12.3 Å². The topological polar surface area (TPSA) is 105 Å². The fourth-order valence-electron chi connectivity index (χ4n) is 2.58. The van der Waals surface area contributed by atoms with Crippen LogP contribution < -0.4 is 15.4 Å². The van der Waals surface area contributed by atoms with Crippen molar-refractivity contribution in [3.05, 3.63) is 23.8 Å². The number of benzene rings is 1. The molecule has 1 aliphatic heterocycles. The number of ether oxygens (including phenoxy) is 1. The summed E-state index contributed by atoms with van der Waals surface area (Å²) in [4.78, 5) is 35.6. The third-order valence-electron chi connectivity index (χ3n) is 4.02. The quantitative estimate of drug-likeness (QED) is 0.718. The van der Waals surface area contributed by atoms with Gasteiger partial charge >= 0.3 is 5.97 Å². The van der Waals surface area contributed by atoms with Gasteiger partial charge in [0.1, 0.15) is 5.75 Å². The molecule has 1 heterocycles. The zero-order valence-electron chi connectivity index (χ0n) is 13.5. The molecule has 8 heteroatoms. The number of hydrogen-bond acceptors (Lipinski definition) is 5. The average molecular weight is 352 g/mol. The Hall–Kier alpha value is -2.22. The first kappa shape index (κ1) is 18.1. The van der Waals surface area contributed by atoms with E-state index in [0.29, 0.717) is 29.2 Å². The highest BCUT2D eigenvalue weighted by Crippen LogP contribution is 2.39. The van der Waals surface area contributed by atoms with Crippen molar-refractivity contribution in [1.82, 2.24) is 5.32 Å². The molecule has 0 aromatic heterocycles. The number of carboxylic acid groups (broad SMARTS) is 1. The lowest BCUT2D eigenvalue weighted by Crippen LogP contribution is -2.35. The number of methoxy groups -OCH3 is 1. The lowest BCUT2D eigenvalue weighted by atomic mass is 9.84. The minimum Gasteiger partial charge on any atom is -0.495 e. The molecule has 1 aromatic rings. The third kappa shape index (κ3) is 3.81. The van der Waals surface area contributed by atoms with Crippen LogP contribution in [0.15, 0.2) is 18.2 Å². The highest BCUT2D eigenvalue weighted by atomic mass is 32.2. The summed E-state index contributed by atoms with van der Waals surface area (Å²) in [7, 11) is 2.97. The summed E-state index contributed by atoms with van der Waals surface area (Å²) in [5, 5.41) is 14.6. The zero-order valence-corrected chi connectivity index (χ0v) is 14.4. The van der Waals surface area contributed by atoms with Gasteiger partial charge in [-0.15, -0.1) is 0 Å². The fourth-order valence-corrected chi connectivity index (χ4v) is 4.02. The van der Waals surface area contributed by atoms with Crippen molar-refractivity contribution >= 4 is 35.2 Å². The van der Waals surface area contributed by atoms with Crippen LogP contribution >= 0.6 is 11.8 Å². The van der Waals surface area contributed by atoms with E-state index >= 15 is 0 Å². The second kappa shape index (κ2) is 7.57. The Labute approximate surface area is 144 Å². The van der Waals surface area contributed by atoms with Gasteiger partial charge in [0, 0.05) is 24.8 Å². The van der Waals surface area contributed by atoms with Crippen LogP contribution in [0.1, 0.15) is 23.2 Å². The molecule has 0 bridgehead atoms. The number of rotatable bonds is 6. The summed E-state index contributed by atoms with van der Waals surface area (Å²) in [6.45, 7) is 0. The first-order valence-corrected chi connectivity index (χ1v) is 8.58. The van der Waals surface area contributed by atoms with Gasteiger partial charge < -0.3 is 20.5 Å². The van der Waals surface area contributed by atoms with Crippen molar-refractivity contribution in [3.8, 4) is 5.75 Å². The minimum absolute atomic E-state index is 0.108. The van der Waals surface area contributed by atoms with Crippen LogP contribution in [0.4, 0.5) is 5.69 Å². The van der Waals surface area contributed by atoms with Crippen molar-refractivity contribution in [2.24, 2.45) is 5.41 Å². The van der Waals surface area contributed by atoms with Crippen molar-refractivity contribution in [1.29, 1.82) is 0 Å². The molecule has 1 aliphatic rings. The Morgan fingerprint density at radius 3 is 2.67 bits per heavy atom. The Kier molecular flexibility index (Phi) is 5.71. The Balaban J connectivity index is 2.18. The molecule has 1 aromatic carbocycles. The molecule has 1 atom stereocenters. The number of carboxylic acids is 1. The van der Waals surface area contributed by atoms with E-state index in [1.807, 2.05) is 0 Å². The Bertz CT molecular complexity index is 656. The van der Waals surface area contributed by atoms with E-state index in [9.17, 15) is 19.5 Å². The van der Waals surface area contributed by atoms with E-state index < -0.39 is 17.3 Å². The van der Waals surface area contributed by atoms with Crippen molar-refractivity contribution in [2.45, 2.75) is 12.8 Å².